The molecule has 0 spiro atoms. The second-order valence-electron chi connectivity index (χ2n) is 4.62. The van der Waals surface area contributed by atoms with Crippen LogP contribution in [0.25, 0.3) is 11.0 Å². The number of rotatable bonds is 3. The van der Waals surface area contributed by atoms with Crippen LogP contribution in [0.4, 0.5) is 5.69 Å². The van der Waals surface area contributed by atoms with Gasteiger partial charge in [-0.3, -0.25) is 4.72 Å². The number of fused-ring (bicyclic) bond motifs is 1. The first-order valence-electron chi connectivity index (χ1n) is 6.24. The van der Waals surface area contributed by atoms with E-state index in [-0.39, 0.29) is 5.09 Å². The van der Waals surface area contributed by atoms with Gasteiger partial charge in [0.25, 0.3) is 10.0 Å². The van der Waals surface area contributed by atoms with E-state index in [2.05, 4.69) is 27.3 Å². The van der Waals surface area contributed by atoms with Gasteiger partial charge in [0, 0.05) is 15.0 Å². The van der Waals surface area contributed by atoms with Gasteiger partial charge in [0.1, 0.15) is 5.58 Å². The Bertz CT molecular complexity index is 883. The summed E-state index contributed by atoms with van der Waals surface area (Å²) in [5, 5.41) is 0.680. The maximum atomic E-state index is 12.4. The van der Waals surface area contributed by atoms with E-state index in [1.807, 2.05) is 31.2 Å². The molecule has 1 N–H and O–H groups in total. The normalized spacial score (nSPS) is 11.7. The second kappa shape index (κ2) is 5.34. The quantitative estimate of drug-likeness (QED) is 0.657. The average molecular weight is 413 g/mol. The van der Waals surface area contributed by atoms with Crippen LogP contribution in [0.5, 0.6) is 0 Å². The standard InChI is InChI=1S/C15H12INO3S/c1-10-12(16)6-4-7-13(10)17-21(18,19)15-9-11-5-2-3-8-14(11)20-15/h2-9,17H,1H3. The molecular formula is C15H12INO3S. The molecule has 0 radical (unpaired) electrons. The lowest BCUT2D eigenvalue weighted by Crippen LogP contribution is -2.13. The smallest absolute Gasteiger partial charge is 0.295 e. The molecule has 0 saturated heterocycles. The summed E-state index contributed by atoms with van der Waals surface area (Å²) in [5.74, 6) is 0. The molecule has 108 valence electrons. The minimum absolute atomic E-state index is 0.0815. The van der Waals surface area contributed by atoms with Crippen LogP contribution in [0.2, 0.25) is 0 Å². The maximum absolute atomic E-state index is 12.4. The Hall–Kier alpha value is -1.54. The number of nitrogens with one attached hydrogen (secondary N) is 1. The SMILES string of the molecule is Cc1c(I)cccc1NS(=O)(=O)c1cc2ccccc2o1. The zero-order chi connectivity index (χ0) is 15.0. The van der Waals surface area contributed by atoms with Gasteiger partial charge in [-0.05, 0) is 53.3 Å². The molecule has 0 aliphatic carbocycles. The Balaban J connectivity index is 2.02. The Morgan fingerprint density at radius 1 is 1.10 bits per heavy atom. The highest BCUT2D eigenvalue weighted by atomic mass is 127. The molecule has 0 aliphatic rings. The zero-order valence-electron chi connectivity index (χ0n) is 11.1. The molecule has 0 fully saturated rings. The van der Waals surface area contributed by atoms with Crippen molar-refractivity contribution >= 4 is 49.3 Å². The molecule has 0 saturated carbocycles. The Labute approximate surface area is 136 Å². The van der Waals surface area contributed by atoms with Crippen molar-refractivity contribution in [2.24, 2.45) is 0 Å². The fraction of sp³-hybridized carbons (Fsp3) is 0.0667. The Morgan fingerprint density at radius 3 is 2.62 bits per heavy atom. The Kier molecular flexibility index (Phi) is 3.66. The van der Waals surface area contributed by atoms with Crippen molar-refractivity contribution in [1.82, 2.24) is 0 Å². The van der Waals surface area contributed by atoms with Crippen molar-refractivity contribution in [3.63, 3.8) is 0 Å². The molecule has 3 rings (SSSR count). The van der Waals surface area contributed by atoms with Gasteiger partial charge in [-0.25, -0.2) is 0 Å². The van der Waals surface area contributed by atoms with Crippen LogP contribution in [0.15, 0.2) is 58.0 Å². The second-order valence-corrected chi connectivity index (χ2v) is 7.40. The number of para-hydroxylation sites is 1. The van der Waals surface area contributed by atoms with Gasteiger partial charge in [0.15, 0.2) is 0 Å². The largest absolute Gasteiger partial charge is 0.443 e. The molecule has 6 heteroatoms. The maximum Gasteiger partial charge on any atom is 0.295 e. The van der Waals surface area contributed by atoms with Crippen LogP contribution in [-0.2, 0) is 10.0 Å². The van der Waals surface area contributed by atoms with Gasteiger partial charge in [-0.15, -0.1) is 0 Å². The number of halogens is 1. The number of hydrogen-bond donors (Lipinski definition) is 1. The molecule has 0 atom stereocenters. The van der Waals surface area contributed by atoms with E-state index < -0.39 is 10.0 Å². The van der Waals surface area contributed by atoms with Gasteiger partial charge in [0.2, 0.25) is 5.09 Å². The minimum atomic E-state index is -3.73. The lowest BCUT2D eigenvalue weighted by Gasteiger charge is -2.09. The van der Waals surface area contributed by atoms with Gasteiger partial charge in [-0.2, -0.15) is 8.42 Å². The molecule has 0 aliphatic heterocycles. The van der Waals surface area contributed by atoms with Gasteiger partial charge >= 0.3 is 0 Å². The first-order valence-corrected chi connectivity index (χ1v) is 8.80. The third-order valence-corrected chi connectivity index (χ3v) is 5.57. The lowest BCUT2D eigenvalue weighted by molar-refractivity contribution is 0.484. The summed E-state index contributed by atoms with van der Waals surface area (Å²) >= 11 is 2.17. The van der Waals surface area contributed by atoms with Gasteiger partial charge < -0.3 is 4.42 Å². The van der Waals surface area contributed by atoms with Crippen LogP contribution < -0.4 is 4.72 Å². The van der Waals surface area contributed by atoms with Crippen LogP contribution in [0.3, 0.4) is 0 Å². The molecule has 0 amide bonds. The minimum Gasteiger partial charge on any atom is -0.443 e. The summed E-state index contributed by atoms with van der Waals surface area (Å²) in [6.45, 7) is 1.87. The first-order chi connectivity index (χ1) is 9.97. The summed E-state index contributed by atoms with van der Waals surface area (Å²) in [5.41, 5.74) is 2.00. The van der Waals surface area contributed by atoms with Crippen LogP contribution in [-0.4, -0.2) is 8.42 Å². The first kappa shape index (κ1) is 14.4. The van der Waals surface area contributed by atoms with E-state index >= 15 is 0 Å². The fourth-order valence-electron chi connectivity index (χ4n) is 2.00. The summed E-state index contributed by atoms with van der Waals surface area (Å²) in [6, 6.07) is 14.2. The van der Waals surface area contributed by atoms with Gasteiger partial charge in [-0.1, -0.05) is 24.3 Å². The van der Waals surface area contributed by atoms with E-state index in [4.69, 9.17) is 4.42 Å². The van der Waals surface area contributed by atoms with Crippen LogP contribution in [0.1, 0.15) is 5.56 Å². The molecular weight excluding hydrogens is 401 g/mol. The predicted molar refractivity (Wildman–Crippen MR) is 90.9 cm³/mol. The Morgan fingerprint density at radius 2 is 1.86 bits per heavy atom. The van der Waals surface area contributed by atoms with Crippen molar-refractivity contribution in [2.45, 2.75) is 12.0 Å². The highest BCUT2D eigenvalue weighted by Gasteiger charge is 2.20. The highest BCUT2D eigenvalue weighted by molar-refractivity contribution is 14.1. The highest BCUT2D eigenvalue weighted by Crippen LogP contribution is 2.26. The fourth-order valence-corrected chi connectivity index (χ4v) is 3.59. The molecule has 1 heterocycles. The van der Waals surface area contributed by atoms with Crippen LogP contribution in [0, 0.1) is 10.5 Å². The van der Waals surface area contributed by atoms with Gasteiger partial charge in [0.05, 0.1) is 5.69 Å². The third-order valence-electron chi connectivity index (χ3n) is 3.18. The van der Waals surface area contributed by atoms with E-state index in [9.17, 15) is 8.42 Å². The number of anilines is 1. The number of sulfonamides is 1. The van der Waals surface area contributed by atoms with E-state index in [1.54, 1.807) is 18.2 Å². The monoisotopic (exact) mass is 413 g/mol. The van der Waals surface area contributed by atoms with Crippen LogP contribution >= 0.6 is 22.6 Å². The topological polar surface area (TPSA) is 59.3 Å². The molecule has 3 aromatic rings. The lowest BCUT2D eigenvalue weighted by atomic mass is 10.2. The van der Waals surface area contributed by atoms with Crippen molar-refractivity contribution in [3.05, 3.63) is 57.7 Å². The van der Waals surface area contributed by atoms with E-state index in [0.29, 0.717) is 11.3 Å². The number of hydrogen-bond acceptors (Lipinski definition) is 3. The summed E-state index contributed by atoms with van der Waals surface area (Å²) < 4.78 is 33.9. The predicted octanol–water partition coefficient (Wildman–Crippen LogP) is 4.15. The van der Waals surface area contributed by atoms with E-state index in [0.717, 1.165) is 14.5 Å². The molecule has 1 aromatic heterocycles. The average Bonchev–Trinajstić information content (AvgIpc) is 2.88. The summed E-state index contributed by atoms with van der Waals surface area (Å²) in [4.78, 5) is 0. The van der Waals surface area contributed by atoms with Crippen molar-refractivity contribution in [2.75, 3.05) is 4.72 Å². The van der Waals surface area contributed by atoms with E-state index in [1.165, 1.54) is 6.07 Å². The molecule has 0 bridgehead atoms. The van der Waals surface area contributed by atoms with Crippen molar-refractivity contribution < 1.29 is 12.8 Å². The number of benzene rings is 2. The number of furan rings is 1. The molecule has 2 aromatic carbocycles. The molecule has 0 unspecified atom stereocenters. The zero-order valence-corrected chi connectivity index (χ0v) is 14.1. The summed E-state index contributed by atoms with van der Waals surface area (Å²) in [7, 11) is -3.73. The van der Waals surface area contributed by atoms with Crippen molar-refractivity contribution in [1.29, 1.82) is 0 Å². The molecule has 4 nitrogen and oxygen atoms in total. The van der Waals surface area contributed by atoms with Crippen molar-refractivity contribution in [3.8, 4) is 0 Å². The third kappa shape index (κ3) is 2.77. The molecule has 21 heavy (non-hydrogen) atoms. The summed E-state index contributed by atoms with van der Waals surface area (Å²) in [6.07, 6.45) is 0.